The van der Waals surface area contributed by atoms with Gasteiger partial charge >= 0.3 is 0 Å². The Bertz CT molecular complexity index is 1290. The van der Waals surface area contributed by atoms with Gasteiger partial charge in [-0.3, -0.25) is 4.79 Å². The zero-order valence-corrected chi connectivity index (χ0v) is 20.8. The fraction of sp³-hybridized carbons (Fsp3) is 0.345. The predicted octanol–water partition coefficient (Wildman–Crippen LogP) is 6.95. The lowest BCUT2D eigenvalue weighted by atomic mass is 10.1. The normalized spacial score (nSPS) is 15.5. The van der Waals surface area contributed by atoms with Gasteiger partial charge in [-0.2, -0.15) is 0 Å². The smallest absolute Gasteiger partial charge is 0.260 e. The number of rotatable bonds is 8. The lowest BCUT2D eigenvalue weighted by Gasteiger charge is -2.25. The van der Waals surface area contributed by atoms with Gasteiger partial charge in [0.2, 0.25) is 0 Å². The molecule has 0 fully saturated rings. The molecule has 1 aliphatic rings. The van der Waals surface area contributed by atoms with Crippen LogP contribution < -0.4 is 9.80 Å². The van der Waals surface area contributed by atoms with Crippen molar-refractivity contribution >= 4 is 23.0 Å². The molecule has 0 bridgehead atoms. The SMILES string of the molecule is [2H]C([2H])([2H])N1c2c(O)cccc2C(=O)N(C/C=C(\C)CC/C=C(\C)CCC=C(C)C)c2cc(O)cc(O)c21. The number of phenolic OH excluding ortho intramolecular Hbond substituents is 3. The minimum absolute atomic E-state index is 0.0262. The van der Waals surface area contributed by atoms with E-state index in [0.29, 0.717) is 0 Å². The first-order chi connectivity index (χ1) is 17.8. The second kappa shape index (κ2) is 11.2. The van der Waals surface area contributed by atoms with Crippen molar-refractivity contribution in [3.8, 4) is 17.2 Å². The van der Waals surface area contributed by atoms with E-state index in [1.165, 1.54) is 40.3 Å². The van der Waals surface area contributed by atoms with Crippen molar-refractivity contribution in [2.75, 3.05) is 23.3 Å². The fourth-order valence-electron chi connectivity index (χ4n) is 4.10. The van der Waals surface area contributed by atoms with Gasteiger partial charge in [-0.15, -0.1) is 0 Å². The summed E-state index contributed by atoms with van der Waals surface area (Å²) in [5, 5.41) is 31.6. The number of nitrogens with zero attached hydrogens (tertiary/aromatic N) is 2. The van der Waals surface area contributed by atoms with Gasteiger partial charge in [0.05, 0.1) is 16.9 Å². The molecule has 186 valence electrons. The molecule has 6 heteroatoms. The van der Waals surface area contributed by atoms with Crippen LogP contribution in [0.5, 0.6) is 17.2 Å². The molecule has 1 amide bonds. The summed E-state index contributed by atoms with van der Waals surface area (Å²) in [6.45, 7) is 5.48. The first-order valence-corrected chi connectivity index (χ1v) is 11.8. The highest BCUT2D eigenvalue weighted by Gasteiger charge is 2.33. The van der Waals surface area contributed by atoms with E-state index in [4.69, 9.17) is 4.11 Å². The molecular formula is C29H36N2O4. The Morgan fingerprint density at radius 3 is 2.29 bits per heavy atom. The van der Waals surface area contributed by atoms with Crippen LogP contribution in [0.25, 0.3) is 0 Å². The van der Waals surface area contributed by atoms with Crippen LogP contribution in [0.15, 0.2) is 65.3 Å². The minimum atomic E-state index is -2.85. The molecule has 0 aliphatic carbocycles. The molecule has 2 aromatic carbocycles. The number of phenols is 3. The van der Waals surface area contributed by atoms with Gasteiger partial charge in [-0.1, -0.05) is 41.0 Å². The van der Waals surface area contributed by atoms with Gasteiger partial charge in [0, 0.05) is 29.8 Å². The van der Waals surface area contributed by atoms with E-state index in [9.17, 15) is 20.1 Å². The number of aromatic hydroxyl groups is 3. The number of para-hydroxylation sites is 1. The van der Waals surface area contributed by atoms with Crippen LogP contribution >= 0.6 is 0 Å². The monoisotopic (exact) mass is 479 g/mol. The summed E-state index contributed by atoms with van der Waals surface area (Å²) in [5.74, 6) is -1.83. The second-order valence-corrected chi connectivity index (χ2v) is 9.22. The Morgan fingerprint density at radius 2 is 1.60 bits per heavy atom. The topological polar surface area (TPSA) is 84.2 Å². The molecule has 0 spiro atoms. The first-order valence-electron chi connectivity index (χ1n) is 13.3. The van der Waals surface area contributed by atoms with Crippen LogP contribution in [0.1, 0.15) is 67.8 Å². The van der Waals surface area contributed by atoms with Crippen molar-refractivity contribution in [1.29, 1.82) is 0 Å². The minimum Gasteiger partial charge on any atom is -0.508 e. The van der Waals surface area contributed by atoms with Gasteiger partial charge < -0.3 is 25.1 Å². The third kappa shape index (κ3) is 6.07. The summed E-state index contributed by atoms with van der Waals surface area (Å²) in [6, 6.07) is 6.44. The number of amides is 1. The van der Waals surface area contributed by atoms with Gasteiger partial charge in [0.1, 0.15) is 22.9 Å². The van der Waals surface area contributed by atoms with Crippen LogP contribution in [-0.4, -0.2) is 34.7 Å². The Hall–Kier alpha value is -3.67. The number of hydrogen-bond donors (Lipinski definition) is 3. The highest BCUT2D eigenvalue weighted by atomic mass is 16.3. The molecule has 2 aromatic rings. The maximum atomic E-state index is 13.7. The number of benzene rings is 2. The molecular weight excluding hydrogens is 440 g/mol. The maximum absolute atomic E-state index is 13.7. The van der Waals surface area contributed by atoms with Crippen molar-refractivity contribution in [2.24, 2.45) is 0 Å². The summed E-state index contributed by atoms with van der Waals surface area (Å²) in [4.78, 5) is 15.8. The second-order valence-electron chi connectivity index (χ2n) is 9.22. The third-order valence-corrected chi connectivity index (χ3v) is 6.03. The number of carbonyl (C=O) groups is 1. The van der Waals surface area contributed by atoms with E-state index >= 15 is 0 Å². The van der Waals surface area contributed by atoms with E-state index in [1.807, 2.05) is 13.0 Å². The number of allylic oxidation sites excluding steroid dienone is 5. The van der Waals surface area contributed by atoms with E-state index < -0.39 is 24.4 Å². The van der Waals surface area contributed by atoms with E-state index in [0.717, 1.165) is 42.2 Å². The summed E-state index contributed by atoms with van der Waals surface area (Å²) >= 11 is 0. The Balaban J connectivity index is 1.96. The van der Waals surface area contributed by atoms with Gasteiger partial charge in [-0.05, 0) is 65.5 Å². The Kier molecular flexibility index (Phi) is 6.97. The van der Waals surface area contributed by atoms with Crippen molar-refractivity contribution in [2.45, 2.75) is 53.4 Å². The molecule has 0 aromatic heterocycles. The number of fused-ring (bicyclic) bond motifs is 2. The van der Waals surface area contributed by atoms with Crippen LogP contribution in [-0.2, 0) is 0 Å². The third-order valence-electron chi connectivity index (χ3n) is 6.03. The highest BCUT2D eigenvalue weighted by molar-refractivity contribution is 6.15. The average Bonchev–Trinajstić information content (AvgIpc) is 2.91. The molecule has 6 nitrogen and oxygen atoms in total. The highest BCUT2D eigenvalue weighted by Crippen LogP contribution is 2.49. The number of hydrogen-bond acceptors (Lipinski definition) is 5. The van der Waals surface area contributed by atoms with Gasteiger partial charge in [0.15, 0.2) is 0 Å². The molecule has 0 saturated heterocycles. The first kappa shape index (κ1) is 21.8. The van der Waals surface area contributed by atoms with E-state index in [-0.39, 0.29) is 34.9 Å². The quantitative estimate of drug-likeness (QED) is 0.357. The molecule has 0 radical (unpaired) electrons. The molecule has 0 atom stereocenters. The maximum Gasteiger partial charge on any atom is 0.260 e. The number of anilines is 3. The molecule has 1 heterocycles. The molecule has 3 N–H and O–H groups in total. The Labute approximate surface area is 212 Å². The van der Waals surface area contributed by atoms with E-state index in [1.54, 1.807) is 0 Å². The van der Waals surface area contributed by atoms with E-state index in [2.05, 4.69) is 32.9 Å². The van der Waals surface area contributed by atoms with Crippen LogP contribution in [0.3, 0.4) is 0 Å². The largest absolute Gasteiger partial charge is 0.508 e. The lowest BCUT2D eigenvalue weighted by molar-refractivity contribution is 0.0990. The molecule has 3 rings (SSSR count). The summed E-state index contributed by atoms with van der Waals surface area (Å²) in [6.07, 6.45) is 9.96. The summed E-state index contributed by atoms with van der Waals surface area (Å²) in [5.41, 5.74) is 3.23. The summed E-state index contributed by atoms with van der Waals surface area (Å²) < 4.78 is 24.4. The van der Waals surface area contributed by atoms with Crippen molar-refractivity contribution in [3.05, 3.63) is 70.8 Å². The predicted molar refractivity (Wildman–Crippen MR) is 143 cm³/mol. The molecule has 35 heavy (non-hydrogen) atoms. The van der Waals surface area contributed by atoms with Crippen molar-refractivity contribution in [1.82, 2.24) is 0 Å². The van der Waals surface area contributed by atoms with Gasteiger partial charge in [-0.25, -0.2) is 0 Å². The zero-order chi connectivity index (χ0) is 28.2. The van der Waals surface area contributed by atoms with Crippen molar-refractivity contribution < 1.29 is 24.2 Å². The summed E-state index contributed by atoms with van der Waals surface area (Å²) in [7, 11) is 0. The zero-order valence-electron chi connectivity index (χ0n) is 23.8. The van der Waals surface area contributed by atoms with Crippen molar-refractivity contribution in [3.63, 3.8) is 0 Å². The lowest BCUT2D eigenvalue weighted by Crippen LogP contribution is -2.30. The molecule has 0 saturated carbocycles. The number of carbonyl (C=O) groups excluding carboxylic acids is 1. The standard InChI is InChI=1S/C29H36N2O4/c1-19(2)9-6-10-20(3)11-7-12-21(4)15-16-31-24-17-22(32)18-26(34)28(24)30(5)27-23(29(31)35)13-8-14-25(27)33/h8-9,11,13-15,17-18,32-34H,6-7,10,12,16H2,1-5H3/b20-11+,21-15+/i5D3. The van der Waals surface area contributed by atoms with Gasteiger partial charge in [0.25, 0.3) is 5.91 Å². The molecule has 0 unspecified atom stereocenters. The van der Waals surface area contributed by atoms with Crippen LogP contribution in [0, 0.1) is 0 Å². The van der Waals surface area contributed by atoms with Crippen LogP contribution in [0.4, 0.5) is 17.1 Å². The van der Waals surface area contributed by atoms with Crippen LogP contribution in [0.2, 0.25) is 0 Å². The average molecular weight is 480 g/mol. The fourth-order valence-corrected chi connectivity index (χ4v) is 4.10. The molecule has 1 aliphatic heterocycles. The Morgan fingerprint density at radius 1 is 0.914 bits per heavy atom.